The van der Waals surface area contributed by atoms with Crippen molar-refractivity contribution in [2.75, 3.05) is 12.8 Å². The number of carbonyl (C=O) groups excluding carboxylic acids is 2. The molecule has 0 spiro atoms. The number of halogens is 3. The van der Waals surface area contributed by atoms with Crippen molar-refractivity contribution in [2.45, 2.75) is 30.1 Å². The molecule has 0 aliphatic carbocycles. The van der Waals surface area contributed by atoms with E-state index in [2.05, 4.69) is 0 Å². The summed E-state index contributed by atoms with van der Waals surface area (Å²) in [5.74, 6) is -0.791. The minimum absolute atomic E-state index is 0.221. The van der Waals surface area contributed by atoms with E-state index in [4.69, 9.17) is 10.5 Å². The van der Waals surface area contributed by atoms with Crippen molar-refractivity contribution in [1.29, 1.82) is 0 Å². The number of primary amides is 1. The normalized spacial score (nSPS) is 15.3. The summed E-state index contributed by atoms with van der Waals surface area (Å²) < 4.78 is 44.7. The number of nitrogens with two attached hydrogens (primary N) is 1. The van der Waals surface area contributed by atoms with Crippen molar-refractivity contribution >= 4 is 23.6 Å². The molecule has 0 saturated carbocycles. The lowest BCUT2D eigenvalue weighted by molar-refractivity contribution is -0.137. The molecule has 1 aliphatic rings. The maximum atomic E-state index is 13.2. The molecule has 4 aromatic rings. The summed E-state index contributed by atoms with van der Waals surface area (Å²) in [6, 6.07) is 23.9. The fourth-order valence-electron chi connectivity index (χ4n) is 5.10. The van der Waals surface area contributed by atoms with E-state index in [1.165, 1.54) is 12.1 Å². The van der Waals surface area contributed by atoms with E-state index >= 15 is 0 Å². The van der Waals surface area contributed by atoms with E-state index in [1.54, 1.807) is 54.2 Å². The van der Waals surface area contributed by atoms with Gasteiger partial charge in [0.1, 0.15) is 11.8 Å². The topological polar surface area (TPSA) is 72.6 Å². The Bertz CT molecular complexity index is 1570. The number of rotatable bonds is 7. The van der Waals surface area contributed by atoms with Crippen LogP contribution in [0.4, 0.5) is 13.2 Å². The lowest BCUT2D eigenvalue weighted by Crippen LogP contribution is -2.42. The second kappa shape index (κ2) is 11.8. The Hall–Kier alpha value is -4.08. The summed E-state index contributed by atoms with van der Waals surface area (Å²) in [6.07, 6.45) is -1.80. The number of carbonyl (C=O) groups is 2. The number of amides is 1. The third-order valence-corrected chi connectivity index (χ3v) is 7.88. The van der Waals surface area contributed by atoms with Crippen LogP contribution >= 0.6 is 11.8 Å². The van der Waals surface area contributed by atoms with Crippen molar-refractivity contribution in [3.8, 4) is 16.9 Å². The van der Waals surface area contributed by atoms with Gasteiger partial charge in [-0.3, -0.25) is 9.69 Å². The highest BCUT2D eigenvalue weighted by molar-refractivity contribution is 7.98. The second-order valence-corrected chi connectivity index (χ2v) is 10.6. The smallest absolute Gasteiger partial charge is 0.416 e. The highest BCUT2D eigenvalue weighted by atomic mass is 32.2. The highest BCUT2D eigenvalue weighted by Crippen LogP contribution is 2.35. The van der Waals surface area contributed by atoms with Crippen LogP contribution in [0.3, 0.4) is 0 Å². The minimum atomic E-state index is -4.45. The third kappa shape index (κ3) is 6.31. The molecule has 9 heteroatoms. The van der Waals surface area contributed by atoms with Crippen molar-refractivity contribution in [3.63, 3.8) is 0 Å². The SMILES string of the molecule is CSc1ccc(CN2CCc3cc(OC(=O)c4ccccc4-c4ccc(C(F)(F)F)cc4)ccc3C2C(N)=O)cc1. The van der Waals surface area contributed by atoms with Gasteiger partial charge >= 0.3 is 12.1 Å². The van der Waals surface area contributed by atoms with Crippen LogP contribution in [-0.4, -0.2) is 29.6 Å². The van der Waals surface area contributed by atoms with Crippen molar-refractivity contribution in [2.24, 2.45) is 5.73 Å². The van der Waals surface area contributed by atoms with Gasteiger partial charge in [0.25, 0.3) is 0 Å². The van der Waals surface area contributed by atoms with Crippen LogP contribution in [0.1, 0.15) is 38.7 Å². The van der Waals surface area contributed by atoms with Crippen molar-refractivity contribution in [3.05, 3.63) is 119 Å². The molecular formula is C32H27F3N2O3S. The molecule has 5 nitrogen and oxygen atoms in total. The molecule has 0 bridgehead atoms. The Kier molecular flexibility index (Phi) is 8.19. The van der Waals surface area contributed by atoms with Gasteiger partial charge in [-0.15, -0.1) is 11.8 Å². The first kappa shape index (κ1) is 28.4. The molecule has 2 N–H and O–H groups in total. The van der Waals surface area contributed by atoms with E-state index in [0.717, 1.165) is 33.7 Å². The van der Waals surface area contributed by atoms with Crippen LogP contribution in [0.5, 0.6) is 5.75 Å². The number of hydrogen-bond donors (Lipinski definition) is 1. The molecule has 1 heterocycles. The fraction of sp³-hybridized carbons (Fsp3) is 0.188. The summed E-state index contributed by atoms with van der Waals surface area (Å²) in [5.41, 5.74) is 8.93. The zero-order valence-electron chi connectivity index (χ0n) is 22.2. The number of alkyl halides is 3. The van der Waals surface area contributed by atoms with E-state index in [1.807, 2.05) is 35.4 Å². The minimum Gasteiger partial charge on any atom is -0.423 e. The van der Waals surface area contributed by atoms with Crippen LogP contribution < -0.4 is 10.5 Å². The van der Waals surface area contributed by atoms with Gasteiger partial charge in [0.05, 0.1) is 11.1 Å². The number of ether oxygens (including phenoxy) is 1. The summed E-state index contributed by atoms with van der Waals surface area (Å²) >= 11 is 1.66. The van der Waals surface area contributed by atoms with E-state index in [-0.39, 0.29) is 5.56 Å². The average Bonchev–Trinajstić information content (AvgIpc) is 2.97. The second-order valence-electron chi connectivity index (χ2n) is 9.74. The number of fused-ring (bicyclic) bond motifs is 1. The van der Waals surface area contributed by atoms with Gasteiger partial charge in [-0.1, -0.05) is 48.5 Å². The monoisotopic (exact) mass is 576 g/mol. The lowest BCUT2D eigenvalue weighted by atomic mass is 9.91. The number of nitrogens with zero attached hydrogens (tertiary/aromatic N) is 1. The molecule has 1 aliphatic heterocycles. The average molecular weight is 577 g/mol. The Morgan fingerprint density at radius 1 is 0.976 bits per heavy atom. The molecule has 0 radical (unpaired) electrons. The number of hydrogen-bond acceptors (Lipinski definition) is 5. The van der Waals surface area contributed by atoms with Gasteiger partial charge in [0.2, 0.25) is 5.91 Å². The Morgan fingerprint density at radius 3 is 2.34 bits per heavy atom. The van der Waals surface area contributed by atoms with Crippen molar-refractivity contribution in [1.82, 2.24) is 4.90 Å². The molecule has 4 aromatic carbocycles. The summed E-state index contributed by atoms with van der Waals surface area (Å²) in [6.45, 7) is 1.16. The molecule has 1 unspecified atom stereocenters. The van der Waals surface area contributed by atoms with Crippen LogP contribution in [0.15, 0.2) is 95.9 Å². The molecule has 1 atom stereocenters. The molecule has 1 amide bonds. The predicted molar refractivity (Wildman–Crippen MR) is 153 cm³/mol. The van der Waals surface area contributed by atoms with Crippen LogP contribution in [0.25, 0.3) is 11.1 Å². The zero-order valence-corrected chi connectivity index (χ0v) is 23.0. The Morgan fingerprint density at radius 2 is 1.68 bits per heavy atom. The first-order valence-corrected chi connectivity index (χ1v) is 14.1. The van der Waals surface area contributed by atoms with E-state index in [0.29, 0.717) is 36.4 Å². The standard InChI is InChI=1S/C32H27F3N2O3S/c1-41-25-13-6-20(7-14-25)19-37-17-16-22-18-24(12-15-27(22)29(37)30(36)38)40-31(39)28-5-3-2-4-26(28)21-8-10-23(11-9-21)32(33,34)35/h2-15,18,29H,16-17,19H2,1H3,(H2,36,38). The first-order chi connectivity index (χ1) is 19.6. The van der Waals surface area contributed by atoms with Gasteiger partial charge in [-0.05, 0) is 83.0 Å². The van der Waals surface area contributed by atoms with Gasteiger partial charge in [0.15, 0.2) is 0 Å². The fourth-order valence-corrected chi connectivity index (χ4v) is 5.51. The number of thioether (sulfide) groups is 1. The molecule has 210 valence electrons. The van der Waals surface area contributed by atoms with Gasteiger partial charge < -0.3 is 10.5 Å². The molecule has 41 heavy (non-hydrogen) atoms. The quantitative estimate of drug-likeness (QED) is 0.147. The molecular weight excluding hydrogens is 549 g/mol. The Labute approximate surface area is 240 Å². The van der Waals surface area contributed by atoms with Crippen LogP contribution in [-0.2, 0) is 23.9 Å². The highest BCUT2D eigenvalue weighted by Gasteiger charge is 2.32. The van der Waals surface area contributed by atoms with Crippen LogP contribution in [0.2, 0.25) is 0 Å². The largest absolute Gasteiger partial charge is 0.423 e. The maximum Gasteiger partial charge on any atom is 0.416 e. The maximum absolute atomic E-state index is 13.2. The van der Waals surface area contributed by atoms with E-state index < -0.39 is 29.7 Å². The number of benzene rings is 4. The zero-order chi connectivity index (χ0) is 29.1. The Balaban J connectivity index is 1.35. The summed E-state index contributed by atoms with van der Waals surface area (Å²) in [5, 5.41) is 0. The molecule has 5 rings (SSSR count). The first-order valence-electron chi connectivity index (χ1n) is 12.9. The molecule has 0 aromatic heterocycles. The molecule has 0 saturated heterocycles. The molecule has 0 fully saturated rings. The predicted octanol–water partition coefficient (Wildman–Crippen LogP) is 6.90. The third-order valence-electron chi connectivity index (χ3n) is 7.14. The van der Waals surface area contributed by atoms with Crippen molar-refractivity contribution < 1.29 is 27.5 Å². The van der Waals surface area contributed by atoms with Crippen LogP contribution in [0, 0.1) is 0 Å². The summed E-state index contributed by atoms with van der Waals surface area (Å²) in [7, 11) is 0. The number of esters is 1. The lowest BCUT2D eigenvalue weighted by Gasteiger charge is -2.35. The van der Waals surface area contributed by atoms with Gasteiger partial charge in [0, 0.05) is 18.0 Å². The van der Waals surface area contributed by atoms with Gasteiger partial charge in [-0.25, -0.2) is 4.79 Å². The van der Waals surface area contributed by atoms with E-state index in [9.17, 15) is 22.8 Å². The van der Waals surface area contributed by atoms with Gasteiger partial charge in [-0.2, -0.15) is 13.2 Å². The summed E-state index contributed by atoms with van der Waals surface area (Å²) in [4.78, 5) is 28.9.